The third kappa shape index (κ3) is 5.85. The van der Waals surface area contributed by atoms with Crippen LogP contribution in [-0.4, -0.2) is 83.6 Å². The quantitative estimate of drug-likeness (QED) is 0.274. The van der Waals surface area contributed by atoms with Gasteiger partial charge in [0, 0.05) is 41.4 Å². The maximum atomic E-state index is 16.6. The highest BCUT2D eigenvalue weighted by atomic mass is 35.5. The molecule has 0 amide bonds. The number of aliphatic imine (C=N–C) groups is 1. The van der Waals surface area contributed by atoms with Crippen molar-refractivity contribution in [3.05, 3.63) is 39.0 Å². The molecule has 1 saturated carbocycles. The van der Waals surface area contributed by atoms with E-state index in [4.69, 9.17) is 21.1 Å². The molecule has 3 unspecified atom stereocenters. The zero-order valence-electron chi connectivity index (χ0n) is 24.1. The number of H-pyrrole nitrogens is 1. The number of aliphatic hydroxyl groups excluding tert-OH is 1. The Balaban J connectivity index is 1.51. The molecule has 2 aliphatic heterocycles. The highest BCUT2D eigenvalue weighted by molar-refractivity contribution is 6.33. The SMILES string of the molecule is C=N/C(F)=c1/c(N2CCOCC(O)C2)nc(OCC23CCCNC2CCC3)n/c1=C(\F)Cc1c(Cl)c(C)cc2[nH]ncc12. The number of aliphatic hydroxyl groups is 1. The van der Waals surface area contributed by atoms with Gasteiger partial charge in [0.1, 0.15) is 22.2 Å². The molecule has 3 aromatic rings. The fraction of sp³-hybridized carbons (Fsp3) is 0.533. The third-order valence-electron chi connectivity index (χ3n) is 8.95. The summed E-state index contributed by atoms with van der Waals surface area (Å²) in [4.78, 5) is 14.2. The van der Waals surface area contributed by atoms with Crippen LogP contribution in [0.1, 0.15) is 43.2 Å². The molecule has 3 aliphatic rings. The number of nitrogens with one attached hydrogen (secondary N) is 2. The molecule has 1 aliphatic carbocycles. The van der Waals surface area contributed by atoms with E-state index in [1.807, 2.05) is 13.0 Å². The van der Waals surface area contributed by atoms with Crippen molar-refractivity contribution in [3.63, 3.8) is 0 Å². The first-order valence-corrected chi connectivity index (χ1v) is 15.1. The minimum absolute atomic E-state index is 0.0515. The van der Waals surface area contributed by atoms with Crippen molar-refractivity contribution in [2.24, 2.45) is 10.4 Å². The van der Waals surface area contributed by atoms with Gasteiger partial charge in [0.25, 0.3) is 0 Å². The van der Waals surface area contributed by atoms with Gasteiger partial charge in [0.2, 0.25) is 5.95 Å². The van der Waals surface area contributed by atoms with Crippen LogP contribution in [0, 0.1) is 12.3 Å². The second kappa shape index (κ2) is 12.4. The lowest BCUT2D eigenvalue weighted by Crippen LogP contribution is -2.49. The number of halogens is 3. The molecule has 3 N–H and O–H groups in total. The molecule has 43 heavy (non-hydrogen) atoms. The summed E-state index contributed by atoms with van der Waals surface area (Å²) in [6, 6.07) is 2.09. The average Bonchev–Trinajstić information content (AvgIpc) is 3.60. The summed E-state index contributed by atoms with van der Waals surface area (Å²) in [7, 11) is 0. The summed E-state index contributed by atoms with van der Waals surface area (Å²) in [5, 5.41) is 21.5. The number of aromatic amines is 1. The summed E-state index contributed by atoms with van der Waals surface area (Å²) in [5.41, 5.74) is 1.86. The topological polar surface area (TPSA) is 121 Å². The Labute approximate surface area is 252 Å². The van der Waals surface area contributed by atoms with E-state index in [9.17, 15) is 5.11 Å². The monoisotopic (exact) mass is 615 g/mol. The molecule has 2 aromatic heterocycles. The van der Waals surface area contributed by atoms with E-state index in [0.717, 1.165) is 44.2 Å². The van der Waals surface area contributed by atoms with Crippen molar-refractivity contribution in [2.75, 3.05) is 44.4 Å². The molecular formula is C30H36ClF2N7O3. The van der Waals surface area contributed by atoms with Gasteiger partial charge in [-0.05, 0) is 63.1 Å². The number of ether oxygens (including phenoxy) is 2. The van der Waals surface area contributed by atoms with E-state index in [2.05, 4.69) is 37.2 Å². The van der Waals surface area contributed by atoms with Crippen LogP contribution in [0.2, 0.25) is 5.02 Å². The minimum Gasteiger partial charge on any atom is -0.463 e. The number of hydrogen-bond acceptors (Lipinski definition) is 9. The predicted molar refractivity (Wildman–Crippen MR) is 161 cm³/mol. The van der Waals surface area contributed by atoms with E-state index in [1.54, 1.807) is 11.1 Å². The van der Waals surface area contributed by atoms with Gasteiger partial charge in [-0.3, -0.25) is 5.10 Å². The summed E-state index contributed by atoms with van der Waals surface area (Å²) < 4.78 is 43.9. The maximum Gasteiger partial charge on any atom is 0.319 e. The molecule has 6 rings (SSSR count). The Kier molecular flexibility index (Phi) is 8.63. The van der Waals surface area contributed by atoms with Crippen LogP contribution >= 0.6 is 11.6 Å². The van der Waals surface area contributed by atoms with Gasteiger partial charge in [0.05, 0.1) is 37.6 Å². The molecule has 230 valence electrons. The second-order valence-corrected chi connectivity index (χ2v) is 12.1. The van der Waals surface area contributed by atoms with Crippen molar-refractivity contribution in [1.82, 2.24) is 25.5 Å². The van der Waals surface area contributed by atoms with Crippen molar-refractivity contribution >= 4 is 46.8 Å². The second-order valence-electron chi connectivity index (χ2n) is 11.7. The number of nitrogens with zero attached hydrogens (tertiary/aromatic N) is 5. The third-order valence-corrected chi connectivity index (χ3v) is 9.48. The van der Waals surface area contributed by atoms with E-state index < -0.39 is 17.9 Å². The molecule has 0 bridgehead atoms. The zero-order chi connectivity index (χ0) is 30.1. The Morgan fingerprint density at radius 2 is 2.16 bits per heavy atom. The largest absolute Gasteiger partial charge is 0.463 e. The summed E-state index contributed by atoms with van der Waals surface area (Å²) in [5.74, 6) is -1.74. The van der Waals surface area contributed by atoms with Gasteiger partial charge in [-0.25, -0.2) is 9.38 Å². The number of hydrogen-bond donors (Lipinski definition) is 3. The van der Waals surface area contributed by atoms with Gasteiger partial charge in [-0.2, -0.15) is 19.5 Å². The molecular weight excluding hydrogens is 580 g/mol. The first-order chi connectivity index (χ1) is 20.8. The summed E-state index contributed by atoms with van der Waals surface area (Å²) in [6.07, 6.45) is 5.65. The van der Waals surface area contributed by atoms with Crippen LogP contribution in [0.4, 0.5) is 14.6 Å². The standard InChI is InChI=1S/C30H36ClF2N7O3/c1-17-11-22-20(13-36-39-22)19(25(17)31)12-21(32)26-24(27(33)34-2)28(40-9-10-42-15-18(41)14-40)38-29(37-26)43-16-30-6-3-5-23(30)35-8-4-7-30/h11,13,18,23,35,41H,2-10,12,14-16H2,1H3,(H,36,39)/b26-21-,27-24+. The molecule has 2 saturated heterocycles. The lowest BCUT2D eigenvalue weighted by Gasteiger charge is -2.39. The van der Waals surface area contributed by atoms with Crippen molar-refractivity contribution in [3.8, 4) is 6.01 Å². The lowest BCUT2D eigenvalue weighted by molar-refractivity contribution is 0.0597. The number of fused-ring (bicyclic) bond motifs is 2. The van der Waals surface area contributed by atoms with Crippen LogP contribution in [0.5, 0.6) is 6.01 Å². The van der Waals surface area contributed by atoms with E-state index >= 15 is 8.78 Å². The van der Waals surface area contributed by atoms with Crippen molar-refractivity contribution in [1.29, 1.82) is 0 Å². The zero-order valence-corrected chi connectivity index (χ0v) is 24.9. The van der Waals surface area contributed by atoms with Crippen molar-refractivity contribution < 1.29 is 23.4 Å². The fourth-order valence-corrected chi connectivity index (χ4v) is 7.02. The number of benzene rings is 1. The predicted octanol–water partition coefficient (Wildman–Crippen LogP) is 2.87. The van der Waals surface area contributed by atoms with Crippen LogP contribution in [0.15, 0.2) is 17.3 Å². The van der Waals surface area contributed by atoms with E-state index in [0.29, 0.717) is 34.1 Å². The molecule has 13 heteroatoms. The molecule has 3 atom stereocenters. The van der Waals surface area contributed by atoms with Crippen LogP contribution in [0.3, 0.4) is 0 Å². The number of rotatable bonds is 7. The Morgan fingerprint density at radius 3 is 3.00 bits per heavy atom. The number of aryl methyl sites for hydroxylation is 1. The minimum atomic E-state index is -1.04. The molecule has 4 heterocycles. The van der Waals surface area contributed by atoms with E-state index in [-0.39, 0.29) is 60.5 Å². The highest BCUT2D eigenvalue weighted by Gasteiger charge is 2.45. The first-order valence-electron chi connectivity index (χ1n) is 14.7. The molecule has 0 radical (unpaired) electrons. The van der Waals surface area contributed by atoms with Crippen LogP contribution in [0.25, 0.3) is 22.7 Å². The number of β-amino-alcohol motifs (C(OH)–C–C–N with tert-alkyl or cyclic N) is 1. The number of piperidine rings is 1. The van der Waals surface area contributed by atoms with Gasteiger partial charge >= 0.3 is 6.01 Å². The van der Waals surface area contributed by atoms with Gasteiger partial charge in [-0.1, -0.05) is 18.0 Å². The first kappa shape index (κ1) is 29.9. The fourth-order valence-electron chi connectivity index (χ4n) is 6.79. The Morgan fingerprint density at radius 1 is 1.33 bits per heavy atom. The highest BCUT2D eigenvalue weighted by Crippen LogP contribution is 2.44. The Hall–Kier alpha value is -3.19. The average molecular weight is 616 g/mol. The molecule has 0 spiro atoms. The number of anilines is 1. The molecule has 1 aromatic carbocycles. The smallest absolute Gasteiger partial charge is 0.319 e. The van der Waals surface area contributed by atoms with Gasteiger partial charge < -0.3 is 24.8 Å². The van der Waals surface area contributed by atoms with E-state index in [1.165, 1.54) is 0 Å². The normalized spacial score (nSPS) is 25.7. The van der Waals surface area contributed by atoms with Crippen LogP contribution in [-0.2, 0) is 11.2 Å². The number of aromatic nitrogens is 4. The molecule has 10 nitrogen and oxygen atoms in total. The maximum absolute atomic E-state index is 16.6. The van der Waals surface area contributed by atoms with Crippen LogP contribution < -0.4 is 25.5 Å². The Bertz CT molecular complexity index is 1650. The molecule has 3 fully saturated rings. The summed E-state index contributed by atoms with van der Waals surface area (Å²) in [6.45, 7) is 7.23. The lowest BCUT2D eigenvalue weighted by atomic mass is 9.76. The van der Waals surface area contributed by atoms with Gasteiger partial charge in [0.15, 0.2) is 0 Å². The van der Waals surface area contributed by atoms with Crippen molar-refractivity contribution in [2.45, 2.75) is 57.6 Å². The van der Waals surface area contributed by atoms with Gasteiger partial charge in [-0.15, -0.1) is 0 Å². The summed E-state index contributed by atoms with van der Waals surface area (Å²) >= 11 is 6.65.